The van der Waals surface area contributed by atoms with Gasteiger partial charge in [0.05, 0.1) is 13.2 Å². The van der Waals surface area contributed by atoms with Crippen molar-refractivity contribution in [3.63, 3.8) is 0 Å². The Morgan fingerprint density at radius 3 is 3.00 bits per heavy atom. The first-order valence-corrected chi connectivity index (χ1v) is 5.24. The summed E-state index contributed by atoms with van der Waals surface area (Å²) in [5, 5.41) is 0. The lowest BCUT2D eigenvalue weighted by Gasteiger charge is -2.16. The van der Waals surface area contributed by atoms with Crippen molar-refractivity contribution in [3.8, 4) is 0 Å². The van der Waals surface area contributed by atoms with Gasteiger partial charge in [-0.2, -0.15) is 0 Å². The molecular weight excluding hydrogens is 206 g/mol. The van der Waals surface area contributed by atoms with Gasteiger partial charge in [0, 0.05) is 6.04 Å². The number of benzene rings is 1. The maximum atomic E-state index is 11.0. The maximum absolute atomic E-state index is 11.0. The Balaban J connectivity index is 2.07. The number of fused-ring (bicyclic) bond motifs is 1. The minimum absolute atomic E-state index is 0.0524. The number of ether oxygens (including phenoxy) is 2. The molecule has 0 aromatic heterocycles. The van der Waals surface area contributed by atoms with E-state index in [1.165, 1.54) is 12.7 Å². The molecule has 0 bridgehead atoms. The summed E-state index contributed by atoms with van der Waals surface area (Å²) in [6.45, 7) is -0.0524. The Hall–Kier alpha value is -1.39. The Morgan fingerprint density at radius 2 is 2.25 bits per heavy atom. The summed E-state index contributed by atoms with van der Waals surface area (Å²) in [6.07, 6.45) is 0.595. The molecule has 86 valence electrons. The summed E-state index contributed by atoms with van der Waals surface area (Å²) >= 11 is 0. The van der Waals surface area contributed by atoms with Crippen LogP contribution in [0.25, 0.3) is 0 Å². The van der Waals surface area contributed by atoms with Gasteiger partial charge in [-0.05, 0) is 17.5 Å². The number of hydrogen-bond acceptors (Lipinski definition) is 4. The van der Waals surface area contributed by atoms with Crippen LogP contribution in [0.2, 0.25) is 0 Å². The van der Waals surface area contributed by atoms with Crippen LogP contribution >= 0.6 is 0 Å². The van der Waals surface area contributed by atoms with Crippen LogP contribution in [-0.2, 0) is 20.7 Å². The van der Waals surface area contributed by atoms with Crippen LogP contribution in [0, 0.1) is 0 Å². The first-order valence-electron chi connectivity index (χ1n) is 5.24. The lowest BCUT2D eigenvalue weighted by Crippen LogP contribution is -2.28. The molecule has 1 aromatic rings. The number of carbonyl (C=O) groups is 1. The number of nitrogens with two attached hydrogens (primary N) is 1. The highest BCUT2D eigenvalue weighted by molar-refractivity contribution is 5.70. The normalized spacial score (nSPS) is 22.9. The number of esters is 1. The van der Waals surface area contributed by atoms with E-state index in [2.05, 4.69) is 4.74 Å². The molecule has 0 saturated carbocycles. The molecule has 4 heteroatoms. The molecule has 2 unspecified atom stereocenters. The summed E-state index contributed by atoms with van der Waals surface area (Å²) in [7, 11) is 1.34. The molecule has 1 aliphatic rings. The predicted molar refractivity (Wildman–Crippen MR) is 58.8 cm³/mol. The molecule has 0 radical (unpaired) electrons. The lowest BCUT2D eigenvalue weighted by molar-refractivity contribution is -0.148. The molecule has 4 nitrogen and oxygen atoms in total. The zero-order valence-corrected chi connectivity index (χ0v) is 9.18. The van der Waals surface area contributed by atoms with Crippen molar-refractivity contribution in [2.45, 2.75) is 18.6 Å². The molecule has 16 heavy (non-hydrogen) atoms. The van der Waals surface area contributed by atoms with Crippen LogP contribution < -0.4 is 5.73 Å². The molecule has 0 saturated heterocycles. The topological polar surface area (TPSA) is 61.5 Å². The molecule has 2 rings (SSSR count). The van der Waals surface area contributed by atoms with Crippen LogP contribution in [-0.4, -0.2) is 25.7 Å². The summed E-state index contributed by atoms with van der Waals surface area (Å²) in [4.78, 5) is 11.0. The zero-order chi connectivity index (χ0) is 11.5. The Morgan fingerprint density at radius 1 is 1.50 bits per heavy atom. The average molecular weight is 221 g/mol. The van der Waals surface area contributed by atoms with E-state index in [1.54, 1.807) is 0 Å². The average Bonchev–Trinajstić information content (AvgIpc) is 2.62. The van der Waals surface area contributed by atoms with Gasteiger partial charge in [-0.1, -0.05) is 24.3 Å². The minimum Gasteiger partial charge on any atom is -0.467 e. The Bertz CT molecular complexity index is 392. The van der Waals surface area contributed by atoms with Crippen molar-refractivity contribution in [1.29, 1.82) is 0 Å². The molecule has 1 aromatic carbocycles. The number of methoxy groups -OCH3 is 1. The van der Waals surface area contributed by atoms with Gasteiger partial charge < -0.3 is 15.2 Å². The molecule has 0 aliphatic heterocycles. The molecule has 0 fully saturated rings. The third-order valence-corrected chi connectivity index (χ3v) is 2.81. The SMILES string of the molecule is COC(=O)COC1c2ccccc2CC1N. The second-order valence-corrected chi connectivity index (χ2v) is 3.87. The van der Waals surface area contributed by atoms with Crippen LogP contribution in [0.3, 0.4) is 0 Å². The monoisotopic (exact) mass is 221 g/mol. The number of hydrogen-bond donors (Lipinski definition) is 1. The van der Waals surface area contributed by atoms with E-state index in [9.17, 15) is 4.79 Å². The molecule has 2 N–H and O–H groups in total. The fraction of sp³-hybridized carbons (Fsp3) is 0.417. The van der Waals surface area contributed by atoms with E-state index in [4.69, 9.17) is 10.5 Å². The van der Waals surface area contributed by atoms with Crippen LogP contribution in [0.5, 0.6) is 0 Å². The molecule has 0 spiro atoms. The third-order valence-electron chi connectivity index (χ3n) is 2.81. The smallest absolute Gasteiger partial charge is 0.331 e. The van der Waals surface area contributed by atoms with Gasteiger partial charge in [0.25, 0.3) is 0 Å². The van der Waals surface area contributed by atoms with Gasteiger partial charge in [0.1, 0.15) is 6.61 Å². The van der Waals surface area contributed by atoms with Gasteiger partial charge in [0.15, 0.2) is 0 Å². The van der Waals surface area contributed by atoms with Crippen molar-refractivity contribution >= 4 is 5.97 Å². The largest absolute Gasteiger partial charge is 0.467 e. The molecule has 0 amide bonds. The maximum Gasteiger partial charge on any atom is 0.331 e. The van der Waals surface area contributed by atoms with E-state index in [-0.39, 0.29) is 24.7 Å². The van der Waals surface area contributed by atoms with Crippen molar-refractivity contribution in [2.75, 3.05) is 13.7 Å². The Labute approximate surface area is 94.3 Å². The van der Waals surface area contributed by atoms with Gasteiger partial charge in [0.2, 0.25) is 0 Å². The van der Waals surface area contributed by atoms with E-state index in [0.717, 1.165) is 12.0 Å². The van der Waals surface area contributed by atoms with Gasteiger partial charge in [-0.3, -0.25) is 0 Å². The Kier molecular flexibility index (Phi) is 3.22. The molecular formula is C12H15NO3. The quantitative estimate of drug-likeness (QED) is 0.767. The lowest BCUT2D eigenvalue weighted by atomic mass is 10.1. The number of carbonyl (C=O) groups excluding carboxylic acids is 1. The fourth-order valence-electron chi connectivity index (χ4n) is 2.02. The second-order valence-electron chi connectivity index (χ2n) is 3.87. The highest BCUT2D eigenvalue weighted by Crippen LogP contribution is 2.32. The highest BCUT2D eigenvalue weighted by atomic mass is 16.6. The summed E-state index contributed by atoms with van der Waals surface area (Å²) < 4.78 is 10.0. The van der Waals surface area contributed by atoms with Crippen LogP contribution in [0.15, 0.2) is 24.3 Å². The van der Waals surface area contributed by atoms with Gasteiger partial charge in [-0.25, -0.2) is 4.79 Å². The summed E-state index contributed by atoms with van der Waals surface area (Å²) in [5.74, 6) is -0.378. The first-order chi connectivity index (χ1) is 7.72. The van der Waals surface area contributed by atoms with Gasteiger partial charge in [-0.15, -0.1) is 0 Å². The molecule has 1 aliphatic carbocycles. The highest BCUT2D eigenvalue weighted by Gasteiger charge is 2.30. The molecule has 2 atom stereocenters. The van der Waals surface area contributed by atoms with Crippen molar-refractivity contribution in [2.24, 2.45) is 5.73 Å². The van der Waals surface area contributed by atoms with Crippen molar-refractivity contribution < 1.29 is 14.3 Å². The fourth-order valence-corrected chi connectivity index (χ4v) is 2.02. The standard InChI is InChI=1S/C12H15NO3/c1-15-11(14)7-16-12-9-5-3-2-4-8(9)6-10(12)13/h2-5,10,12H,6-7,13H2,1H3. The summed E-state index contributed by atoms with van der Waals surface area (Å²) in [6, 6.07) is 7.88. The van der Waals surface area contributed by atoms with Crippen molar-refractivity contribution in [3.05, 3.63) is 35.4 Å². The van der Waals surface area contributed by atoms with E-state index in [1.807, 2.05) is 24.3 Å². The predicted octanol–water partition coefficient (Wildman–Crippen LogP) is 0.801. The zero-order valence-electron chi connectivity index (χ0n) is 9.18. The summed E-state index contributed by atoms with van der Waals surface area (Å²) in [5.41, 5.74) is 8.26. The second kappa shape index (κ2) is 4.63. The van der Waals surface area contributed by atoms with Gasteiger partial charge >= 0.3 is 5.97 Å². The molecule has 0 heterocycles. The van der Waals surface area contributed by atoms with E-state index >= 15 is 0 Å². The third kappa shape index (κ3) is 2.08. The van der Waals surface area contributed by atoms with Crippen molar-refractivity contribution in [1.82, 2.24) is 0 Å². The van der Waals surface area contributed by atoms with Crippen LogP contribution in [0.1, 0.15) is 17.2 Å². The first kappa shape index (κ1) is 11.1. The van der Waals surface area contributed by atoms with E-state index in [0.29, 0.717) is 0 Å². The minimum atomic E-state index is -0.378. The number of rotatable bonds is 3. The van der Waals surface area contributed by atoms with E-state index < -0.39 is 0 Å². The van der Waals surface area contributed by atoms with Crippen LogP contribution in [0.4, 0.5) is 0 Å².